The fraction of sp³-hybridized carbons (Fsp3) is 0.636. The summed E-state index contributed by atoms with van der Waals surface area (Å²) >= 11 is 0. The van der Waals surface area contributed by atoms with Crippen molar-refractivity contribution in [3.63, 3.8) is 0 Å². The lowest BCUT2D eigenvalue weighted by molar-refractivity contribution is -0.125. The molecule has 0 radical (unpaired) electrons. The summed E-state index contributed by atoms with van der Waals surface area (Å²) in [4.78, 5) is 11.6. The topological polar surface area (TPSA) is 46.9 Å². The molecule has 1 amide bonds. The highest BCUT2D eigenvalue weighted by molar-refractivity contribution is 5.78. The molecule has 0 bridgehead atoms. The van der Waals surface area contributed by atoms with E-state index in [1.165, 1.54) is 0 Å². The van der Waals surface area contributed by atoms with Crippen molar-refractivity contribution >= 4 is 5.91 Å². The van der Waals surface area contributed by atoms with Crippen molar-refractivity contribution in [2.24, 2.45) is 5.92 Å². The normalized spacial score (nSPS) is 14.6. The van der Waals surface area contributed by atoms with Crippen LogP contribution in [-0.2, 0) is 11.3 Å². The number of nitrogens with one attached hydrogen (secondary N) is 1. The Bertz CT molecular complexity index is 295. The minimum absolute atomic E-state index is 0.0880. The van der Waals surface area contributed by atoms with Crippen LogP contribution in [0.4, 0.5) is 0 Å². The summed E-state index contributed by atoms with van der Waals surface area (Å²) in [6, 6.07) is 2.00. The van der Waals surface area contributed by atoms with Gasteiger partial charge in [-0.05, 0) is 19.4 Å². The molecule has 0 unspecified atom stereocenters. The highest BCUT2D eigenvalue weighted by atomic mass is 16.1. The third-order valence-electron chi connectivity index (χ3n) is 2.47. The van der Waals surface area contributed by atoms with Gasteiger partial charge < -0.3 is 5.32 Å². The van der Waals surface area contributed by atoms with Crippen molar-refractivity contribution in [1.82, 2.24) is 15.1 Å². The fourth-order valence-electron chi connectivity index (χ4n) is 1.31. The zero-order chi connectivity index (χ0) is 11.3. The Morgan fingerprint density at radius 1 is 1.53 bits per heavy atom. The Morgan fingerprint density at radius 2 is 2.27 bits per heavy atom. The lowest BCUT2D eigenvalue weighted by Crippen LogP contribution is -2.38. The molecule has 84 valence electrons. The van der Waals surface area contributed by atoms with Crippen molar-refractivity contribution < 1.29 is 4.79 Å². The molecule has 0 aromatic carbocycles. The summed E-state index contributed by atoms with van der Waals surface area (Å²) in [5.41, 5.74) is 0. The van der Waals surface area contributed by atoms with Gasteiger partial charge in [0, 0.05) is 24.4 Å². The molecule has 0 aliphatic rings. The largest absolute Gasteiger partial charge is 0.352 e. The van der Waals surface area contributed by atoms with E-state index >= 15 is 0 Å². The second kappa shape index (κ2) is 5.53. The molecule has 2 atom stereocenters. The molecule has 1 heterocycles. The molecule has 1 rings (SSSR count). The van der Waals surface area contributed by atoms with Gasteiger partial charge in [0.1, 0.15) is 0 Å². The van der Waals surface area contributed by atoms with E-state index in [2.05, 4.69) is 10.4 Å². The van der Waals surface area contributed by atoms with Crippen LogP contribution in [-0.4, -0.2) is 21.7 Å². The molecule has 0 saturated carbocycles. The van der Waals surface area contributed by atoms with Crippen LogP contribution >= 0.6 is 0 Å². The first kappa shape index (κ1) is 11.8. The maximum atomic E-state index is 11.6. The van der Waals surface area contributed by atoms with Crippen LogP contribution in [0.25, 0.3) is 0 Å². The predicted octanol–water partition coefficient (Wildman–Crippen LogP) is 1.43. The van der Waals surface area contributed by atoms with Gasteiger partial charge in [-0.1, -0.05) is 13.8 Å². The van der Waals surface area contributed by atoms with Crippen LogP contribution in [0.3, 0.4) is 0 Å². The zero-order valence-corrected chi connectivity index (χ0v) is 9.60. The highest BCUT2D eigenvalue weighted by Crippen LogP contribution is 2.01. The summed E-state index contributed by atoms with van der Waals surface area (Å²) in [5.74, 6) is 0.210. The number of aromatic nitrogens is 2. The average Bonchev–Trinajstić information content (AvgIpc) is 2.68. The Labute approximate surface area is 90.7 Å². The molecule has 4 heteroatoms. The Balaban J connectivity index is 2.36. The summed E-state index contributed by atoms with van der Waals surface area (Å²) in [5, 5.41) is 7.06. The van der Waals surface area contributed by atoms with E-state index in [9.17, 15) is 4.79 Å². The van der Waals surface area contributed by atoms with Gasteiger partial charge >= 0.3 is 0 Å². The summed E-state index contributed by atoms with van der Waals surface area (Å²) in [6.45, 7) is 6.66. The fourth-order valence-corrected chi connectivity index (χ4v) is 1.31. The van der Waals surface area contributed by atoms with Crippen molar-refractivity contribution in [3.05, 3.63) is 18.5 Å². The van der Waals surface area contributed by atoms with Gasteiger partial charge in [0.2, 0.25) is 5.91 Å². The first-order valence-corrected chi connectivity index (χ1v) is 5.41. The predicted molar refractivity (Wildman–Crippen MR) is 59.3 cm³/mol. The maximum absolute atomic E-state index is 11.6. The molecular weight excluding hydrogens is 190 g/mol. The third kappa shape index (κ3) is 3.73. The van der Waals surface area contributed by atoms with Crippen LogP contribution < -0.4 is 5.32 Å². The van der Waals surface area contributed by atoms with Gasteiger partial charge in [-0.25, -0.2) is 0 Å². The van der Waals surface area contributed by atoms with Gasteiger partial charge in [-0.2, -0.15) is 5.10 Å². The second-order valence-corrected chi connectivity index (χ2v) is 3.95. The van der Waals surface area contributed by atoms with E-state index in [0.717, 1.165) is 13.0 Å². The smallest absolute Gasteiger partial charge is 0.223 e. The minimum atomic E-state index is 0.0880. The molecule has 1 aromatic rings. The molecule has 0 aliphatic carbocycles. The molecule has 1 N–H and O–H groups in total. The number of nitrogens with zero attached hydrogens (tertiary/aromatic N) is 2. The standard InChI is InChI=1S/C11H19N3O/c1-4-9(2)11(15)13-10(3)8-14-7-5-6-12-14/h5-7,9-10H,4,8H2,1-3H3,(H,13,15)/t9-,10-/m1/s1. The number of amides is 1. The summed E-state index contributed by atoms with van der Waals surface area (Å²) < 4.78 is 1.82. The van der Waals surface area contributed by atoms with Gasteiger partial charge in [0.25, 0.3) is 0 Å². The maximum Gasteiger partial charge on any atom is 0.223 e. The Kier molecular flexibility index (Phi) is 4.34. The second-order valence-electron chi connectivity index (χ2n) is 3.95. The number of hydrogen-bond acceptors (Lipinski definition) is 2. The molecule has 0 spiro atoms. The van der Waals surface area contributed by atoms with Crippen molar-refractivity contribution in [2.75, 3.05) is 0 Å². The van der Waals surface area contributed by atoms with Crippen LogP contribution in [0, 0.1) is 5.92 Å². The van der Waals surface area contributed by atoms with Crippen molar-refractivity contribution in [2.45, 2.75) is 39.8 Å². The number of hydrogen-bond donors (Lipinski definition) is 1. The van der Waals surface area contributed by atoms with E-state index in [0.29, 0.717) is 0 Å². The molecule has 15 heavy (non-hydrogen) atoms. The monoisotopic (exact) mass is 209 g/mol. The lowest BCUT2D eigenvalue weighted by atomic mass is 10.1. The molecule has 4 nitrogen and oxygen atoms in total. The number of carbonyl (C=O) groups is 1. The third-order valence-corrected chi connectivity index (χ3v) is 2.47. The first-order chi connectivity index (χ1) is 7.13. The van der Waals surface area contributed by atoms with Gasteiger partial charge in [-0.3, -0.25) is 9.48 Å². The number of carbonyl (C=O) groups excluding carboxylic acids is 1. The highest BCUT2D eigenvalue weighted by Gasteiger charge is 2.13. The van der Waals surface area contributed by atoms with Crippen LogP contribution in [0.2, 0.25) is 0 Å². The SMILES string of the molecule is CC[C@@H](C)C(=O)N[C@H](C)Cn1cccn1. The molecule has 0 aliphatic heterocycles. The minimum Gasteiger partial charge on any atom is -0.352 e. The van der Waals surface area contributed by atoms with Gasteiger partial charge in [0.05, 0.1) is 6.54 Å². The average molecular weight is 209 g/mol. The van der Waals surface area contributed by atoms with Crippen molar-refractivity contribution in [1.29, 1.82) is 0 Å². The van der Waals surface area contributed by atoms with E-state index < -0.39 is 0 Å². The lowest BCUT2D eigenvalue weighted by Gasteiger charge is -2.16. The summed E-state index contributed by atoms with van der Waals surface area (Å²) in [7, 11) is 0. The van der Waals surface area contributed by atoms with E-state index in [-0.39, 0.29) is 17.9 Å². The molecule has 1 aromatic heterocycles. The van der Waals surface area contributed by atoms with Crippen LogP contribution in [0.5, 0.6) is 0 Å². The van der Waals surface area contributed by atoms with Crippen molar-refractivity contribution in [3.8, 4) is 0 Å². The van der Waals surface area contributed by atoms with E-state index in [1.807, 2.05) is 37.7 Å². The number of rotatable bonds is 5. The van der Waals surface area contributed by atoms with Gasteiger partial charge in [-0.15, -0.1) is 0 Å². The van der Waals surface area contributed by atoms with Crippen LogP contribution in [0.1, 0.15) is 27.2 Å². The quantitative estimate of drug-likeness (QED) is 0.797. The summed E-state index contributed by atoms with van der Waals surface area (Å²) in [6.07, 6.45) is 4.51. The molecular formula is C11H19N3O. The van der Waals surface area contributed by atoms with E-state index in [4.69, 9.17) is 0 Å². The molecule has 0 saturated heterocycles. The van der Waals surface area contributed by atoms with E-state index in [1.54, 1.807) is 6.20 Å². The van der Waals surface area contributed by atoms with Crippen LogP contribution in [0.15, 0.2) is 18.5 Å². The van der Waals surface area contributed by atoms with Gasteiger partial charge in [0.15, 0.2) is 0 Å². The molecule has 0 fully saturated rings. The Hall–Kier alpha value is -1.32. The first-order valence-electron chi connectivity index (χ1n) is 5.41. The Morgan fingerprint density at radius 3 is 2.80 bits per heavy atom. The zero-order valence-electron chi connectivity index (χ0n) is 9.60.